The molecule has 0 aliphatic carbocycles. The Bertz CT molecular complexity index is 1360. The molecule has 2 heterocycles. The van der Waals surface area contributed by atoms with Crippen LogP contribution in [0.4, 0.5) is 14.6 Å². The molecule has 0 radical (unpaired) electrons. The van der Waals surface area contributed by atoms with Gasteiger partial charge in [0.15, 0.2) is 0 Å². The minimum Gasteiger partial charge on any atom is -0.470 e. The number of benzene rings is 2. The maximum atomic E-state index is 13.7. The van der Waals surface area contributed by atoms with E-state index in [0.29, 0.717) is 5.56 Å². The molecule has 0 spiro atoms. The van der Waals surface area contributed by atoms with Crippen molar-refractivity contribution in [3.63, 3.8) is 0 Å². The lowest BCUT2D eigenvalue weighted by Gasteiger charge is -2.13. The molecule has 0 saturated heterocycles. The second kappa shape index (κ2) is 9.29. The quantitative estimate of drug-likeness (QED) is 0.429. The first-order valence-electron chi connectivity index (χ1n) is 9.75. The molecular weight excluding hydrogens is 450 g/mol. The minimum atomic E-state index is -3.99. The van der Waals surface area contributed by atoms with Crippen LogP contribution in [-0.2, 0) is 16.6 Å². The Kier molecular flexibility index (Phi) is 6.27. The number of ether oxygens (including phenoxy) is 1. The molecule has 1 N–H and O–H groups in total. The number of halogens is 2. The van der Waals surface area contributed by atoms with Gasteiger partial charge in [0.05, 0.1) is 16.8 Å². The maximum absolute atomic E-state index is 13.7. The zero-order chi connectivity index (χ0) is 23.4. The zero-order valence-electron chi connectivity index (χ0n) is 17.4. The summed E-state index contributed by atoms with van der Waals surface area (Å²) in [5.41, 5.74) is 1.83. The fraction of sp³-hybridized carbons (Fsp3) is 0.0870. The Morgan fingerprint density at radius 3 is 2.39 bits per heavy atom. The van der Waals surface area contributed by atoms with Gasteiger partial charge in [0.25, 0.3) is 15.9 Å². The number of rotatable bonds is 7. The van der Waals surface area contributed by atoms with Crippen LogP contribution in [0.3, 0.4) is 0 Å². The van der Waals surface area contributed by atoms with Gasteiger partial charge in [-0.1, -0.05) is 23.8 Å². The largest absolute Gasteiger partial charge is 0.470 e. The lowest BCUT2D eigenvalue weighted by molar-refractivity contribution is 0.294. The first-order valence-corrected chi connectivity index (χ1v) is 11.2. The Morgan fingerprint density at radius 2 is 1.73 bits per heavy atom. The van der Waals surface area contributed by atoms with Crippen molar-refractivity contribution < 1.29 is 21.9 Å². The van der Waals surface area contributed by atoms with Gasteiger partial charge in [0.1, 0.15) is 18.2 Å². The number of sulfonamides is 1. The van der Waals surface area contributed by atoms with Crippen LogP contribution < -0.4 is 9.46 Å². The summed E-state index contributed by atoms with van der Waals surface area (Å²) in [5.74, 6) is -1.89. The molecule has 4 rings (SSSR count). The predicted molar refractivity (Wildman–Crippen MR) is 118 cm³/mol. The number of pyridine rings is 1. The molecule has 168 valence electrons. The Balaban J connectivity index is 1.70. The molecule has 0 atom stereocenters. The Morgan fingerprint density at radius 1 is 1.00 bits per heavy atom. The number of nitrogens with one attached hydrogen (secondary N) is 1. The third kappa shape index (κ3) is 5.47. The van der Waals surface area contributed by atoms with Crippen molar-refractivity contribution in [3.8, 4) is 17.1 Å². The van der Waals surface area contributed by atoms with E-state index in [9.17, 15) is 17.2 Å². The van der Waals surface area contributed by atoms with Crippen LogP contribution in [0.1, 0.15) is 11.1 Å². The number of anilines is 1. The average molecular weight is 468 g/mol. The summed E-state index contributed by atoms with van der Waals surface area (Å²) < 4.78 is 61.1. The summed E-state index contributed by atoms with van der Waals surface area (Å²) in [6, 6.07) is 12.7. The molecule has 4 aromatic rings. The van der Waals surface area contributed by atoms with Crippen molar-refractivity contribution >= 4 is 15.8 Å². The Hall–Kier alpha value is -3.92. The monoisotopic (exact) mass is 468 g/mol. The summed E-state index contributed by atoms with van der Waals surface area (Å²) in [6.45, 7) is 1.86. The third-order valence-corrected chi connectivity index (χ3v) is 5.91. The first kappa shape index (κ1) is 22.3. The van der Waals surface area contributed by atoms with E-state index in [1.165, 1.54) is 18.3 Å². The van der Waals surface area contributed by atoms with Crippen LogP contribution in [0.2, 0.25) is 0 Å². The number of hydrogen-bond acceptors (Lipinski definition) is 6. The highest BCUT2D eigenvalue weighted by molar-refractivity contribution is 7.92. The van der Waals surface area contributed by atoms with E-state index in [4.69, 9.17) is 4.74 Å². The smallest absolute Gasteiger partial charge is 0.263 e. The molecule has 0 amide bonds. The maximum Gasteiger partial charge on any atom is 0.263 e. The SMILES string of the molecule is Cc1ccc(S(=O)(=O)Nc2ncc(-c3cc(F)cc(F)c3)nc2OCc2cccnc2)cc1. The van der Waals surface area contributed by atoms with Gasteiger partial charge in [-0.15, -0.1) is 0 Å². The van der Waals surface area contributed by atoms with E-state index in [2.05, 4.69) is 19.7 Å². The third-order valence-electron chi connectivity index (χ3n) is 4.56. The van der Waals surface area contributed by atoms with Gasteiger partial charge >= 0.3 is 0 Å². The summed E-state index contributed by atoms with van der Waals surface area (Å²) >= 11 is 0. The van der Waals surface area contributed by atoms with Crippen LogP contribution in [0.15, 0.2) is 78.1 Å². The van der Waals surface area contributed by atoms with Crippen LogP contribution >= 0.6 is 0 Å². The highest BCUT2D eigenvalue weighted by Crippen LogP contribution is 2.28. The van der Waals surface area contributed by atoms with Crippen molar-refractivity contribution in [2.45, 2.75) is 18.4 Å². The second-order valence-electron chi connectivity index (χ2n) is 7.14. The summed E-state index contributed by atoms with van der Waals surface area (Å²) in [6.07, 6.45) is 4.39. The fourth-order valence-electron chi connectivity index (χ4n) is 2.92. The molecular formula is C23H18F2N4O3S. The molecule has 33 heavy (non-hydrogen) atoms. The fourth-order valence-corrected chi connectivity index (χ4v) is 3.93. The van der Waals surface area contributed by atoms with Gasteiger partial charge in [-0.25, -0.2) is 27.2 Å². The number of aromatic nitrogens is 3. The van der Waals surface area contributed by atoms with Gasteiger partial charge in [0.2, 0.25) is 5.82 Å². The van der Waals surface area contributed by atoms with E-state index >= 15 is 0 Å². The van der Waals surface area contributed by atoms with Crippen LogP contribution in [0.5, 0.6) is 5.88 Å². The van der Waals surface area contributed by atoms with E-state index in [1.807, 2.05) is 6.92 Å². The normalized spacial score (nSPS) is 11.2. The number of hydrogen-bond donors (Lipinski definition) is 1. The van der Waals surface area contributed by atoms with E-state index < -0.39 is 21.7 Å². The standard InChI is InChI=1S/C23H18F2N4O3S/c1-15-4-6-20(7-5-15)33(30,31)29-22-23(32-14-16-3-2-8-26-12-16)28-21(13-27-22)17-9-18(24)11-19(25)10-17/h2-13H,14H2,1H3,(H,27,29). The molecule has 0 unspecified atom stereocenters. The van der Waals surface area contributed by atoms with Gasteiger partial charge in [0, 0.05) is 29.6 Å². The summed E-state index contributed by atoms with van der Waals surface area (Å²) in [4.78, 5) is 12.4. The number of nitrogens with zero attached hydrogens (tertiary/aromatic N) is 3. The van der Waals surface area contributed by atoms with Crippen molar-refractivity contribution in [2.75, 3.05) is 4.72 Å². The van der Waals surface area contributed by atoms with Crippen LogP contribution in [0, 0.1) is 18.6 Å². The van der Waals surface area contributed by atoms with E-state index in [-0.39, 0.29) is 34.5 Å². The van der Waals surface area contributed by atoms with Crippen molar-refractivity contribution in [1.29, 1.82) is 0 Å². The highest BCUT2D eigenvalue weighted by atomic mass is 32.2. The van der Waals surface area contributed by atoms with Crippen molar-refractivity contribution in [2.24, 2.45) is 0 Å². The molecule has 2 aromatic carbocycles. The molecule has 0 fully saturated rings. The molecule has 0 aliphatic rings. The van der Waals surface area contributed by atoms with Gasteiger partial charge in [-0.05, 0) is 37.3 Å². The first-order chi connectivity index (χ1) is 15.8. The average Bonchev–Trinajstić information content (AvgIpc) is 2.78. The molecule has 2 aromatic heterocycles. The van der Waals surface area contributed by atoms with E-state index in [0.717, 1.165) is 23.8 Å². The predicted octanol–water partition coefficient (Wildman–Crippen LogP) is 4.51. The zero-order valence-corrected chi connectivity index (χ0v) is 18.2. The van der Waals surface area contributed by atoms with Gasteiger partial charge in [-0.3, -0.25) is 9.71 Å². The summed E-state index contributed by atoms with van der Waals surface area (Å²) in [5, 5.41) is 0. The van der Waals surface area contributed by atoms with Crippen LogP contribution in [0.25, 0.3) is 11.3 Å². The molecule has 0 aliphatic heterocycles. The van der Waals surface area contributed by atoms with Gasteiger partial charge < -0.3 is 4.74 Å². The number of aryl methyl sites for hydroxylation is 1. The van der Waals surface area contributed by atoms with Crippen LogP contribution in [-0.4, -0.2) is 23.4 Å². The van der Waals surface area contributed by atoms with E-state index in [1.54, 1.807) is 36.7 Å². The molecule has 7 nitrogen and oxygen atoms in total. The van der Waals surface area contributed by atoms with Crippen molar-refractivity contribution in [3.05, 3.63) is 95.9 Å². The topological polar surface area (TPSA) is 94.1 Å². The molecule has 0 saturated carbocycles. The Labute approximate surface area is 189 Å². The lowest BCUT2D eigenvalue weighted by Crippen LogP contribution is -2.16. The van der Waals surface area contributed by atoms with Crippen molar-refractivity contribution in [1.82, 2.24) is 15.0 Å². The molecule has 0 bridgehead atoms. The summed E-state index contributed by atoms with van der Waals surface area (Å²) in [7, 11) is -3.99. The lowest BCUT2D eigenvalue weighted by atomic mass is 10.1. The van der Waals surface area contributed by atoms with Gasteiger partial charge in [-0.2, -0.15) is 0 Å². The second-order valence-corrected chi connectivity index (χ2v) is 8.82. The molecule has 10 heteroatoms. The highest BCUT2D eigenvalue weighted by Gasteiger charge is 2.20. The minimum absolute atomic E-state index is 0.0166.